The highest BCUT2D eigenvalue weighted by molar-refractivity contribution is 7.92. The summed E-state index contributed by atoms with van der Waals surface area (Å²) in [4.78, 5) is 12.5. The molecule has 1 amide bonds. The van der Waals surface area contributed by atoms with Crippen LogP contribution in [0, 0.1) is 0 Å². The number of benzene rings is 2. The van der Waals surface area contributed by atoms with Gasteiger partial charge in [0.05, 0.1) is 22.7 Å². The van der Waals surface area contributed by atoms with Crippen molar-refractivity contribution in [3.8, 4) is 5.75 Å². The number of anilines is 1. The first-order valence-electron chi connectivity index (χ1n) is 8.50. The molecule has 0 fully saturated rings. The van der Waals surface area contributed by atoms with Crippen LogP contribution in [0.1, 0.15) is 20.3 Å². The molecule has 2 aromatic rings. The van der Waals surface area contributed by atoms with Gasteiger partial charge in [0.2, 0.25) is 5.91 Å². The molecular weight excluding hydrogens is 388 g/mol. The molecule has 0 spiro atoms. The van der Waals surface area contributed by atoms with E-state index in [0.29, 0.717) is 5.75 Å². The predicted octanol–water partition coefficient (Wildman–Crippen LogP) is 3.46. The number of hydrogen-bond donors (Lipinski definition) is 1. The van der Waals surface area contributed by atoms with Gasteiger partial charge in [-0.15, -0.1) is 0 Å². The van der Waals surface area contributed by atoms with Crippen LogP contribution in [0.2, 0.25) is 5.02 Å². The molecule has 0 saturated heterocycles. The van der Waals surface area contributed by atoms with Crippen LogP contribution in [0.15, 0.2) is 53.4 Å². The molecule has 6 nitrogen and oxygen atoms in total. The van der Waals surface area contributed by atoms with Crippen LogP contribution < -0.4 is 14.4 Å². The smallest absolute Gasteiger partial charge is 0.264 e. The summed E-state index contributed by atoms with van der Waals surface area (Å²) in [5.74, 6) is 0.0253. The number of carbonyl (C=O) groups is 1. The normalized spacial score (nSPS) is 12.3. The minimum Gasteiger partial charge on any atom is -0.495 e. The fraction of sp³-hybridized carbons (Fsp3) is 0.316. The van der Waals surface area contributed by atoms with Crippen LogP contribution in [0.25, 0.3) is 0 Å². The zero-order valence-electron chi connectivity index (χ0n) is 15.5. The van der Waals surface area contributed by atoms with Crippen molar-refractivity contribution in [2.24, 2.45) is 0 Å². The van der Waals surface area contributed by atoms with Gasteiger partial charge in [0, 0.05) is 6.04 Å². The fourth-order valence-electron chi connectivity index (χ4n) is 2.40. The Bertz CT molecular complexity index is 888. The van der Waals surface area contributed by atoms with Gasteiger partial charge in [-0.1, -0.05) is 36.7 Å². The van der Waals surface area contributed by atoms with Gasteiger partial charge in [-0.2, -0.15) is 0 Å². The number of halogens is 1. The van der Waals surface area contributed by atoms with E-state index in [-0.39, 0.29) is 28.2 Å². The van der Waals surface area contributed by atoms with E-state index in [1.807, 2.05) is 13.8 Å². The van der Waals surface area contributed by atoms with Gasteiger partial charge >= 0.3 is 0 Å². The lowest BCUT2D eigenvalue weighted by atomic mass is 10.2. The molecule has 0 aromatic heterocycles. The lowest BCUT2D eigenvalue weighted by Gasteiger charge is -2.25. The summed E-state index contributed by atoms with van der Waals surface area (Å²) in [5.41, 5.74) is 0.281. The van der Waals surface area contributed by atoms with Crippen LogP contribution in [0.3, 0.4) is 0 Å². The molecule has 2 rings (SSSR count). The Morgan fingerprint density at radius 3 is 2.44 bits per heavy atom. The lowest BCUT2D eigenvalue weighted by molar-refractivity contribution is -0.120. The van der Waals surface area contributed by atoms with Crippen molar-refractivity contribution < 1.29 is 17.9 Å². The second kappa shape index (κ2) is 9.10. The van der Waals surface area contributed by atoms with E-state index < -0.39 is 15.9 Å². The highest BCUT2D eigenvalue weighted by Gasteiger charge is 2.28. The predicted molar refractivity (Wildman–Crippen MR) is 107 cm³/mol. The van der Waals surface area contributed by atoms with E-state index in [2.05, 4.69) is 5.32 Å². The number of nitrogens with one attached hydrogen (secondary N) is 1. The molecule has 1 atom stereocenters. The van der Waals surface area contributed by atoms with Gasteiger partial charge in [-0.25, -0.2) is 8.42 Å². The average molecular weight is 411 g/mol. The molecule has 0 radical (unpaired) electrons. The van der Waals surface area contributed by atoms with E-state index in [1.54, 1.807) is 30.3 Å². The third-order valence-corrected chi connectivity index (χ3v) is 6.14. The highest BCUT2D eigenvalue weighted by Crippen LogP contribution is 2.31. The summed E-state index contributed by atoms with van der Waals surface area (Å²) in [6.45, 7) is 3.44. The highest BCUT2D eigenvalue weighted by atomic mass is 35.5. The van der Waals surface area contributed by atoms with Gasteiger partial charge in [0.25, 0.3) is 10.0 Å². The quantitative estimate of drug-likeness (QED) is 0.723. The monoisotopic (exact) mass is 410 g/mol. The van der Waals surface area contributed by atoms with Crippen molar-refractivity contribution in [3.63, 3.8) is 0 Å². The minimum atomic E-state index is -3.95. The van der Waals surface area contributed by atoms with E-state index >= 15 is 0 Å². The van der Waals surface area contributed by atoms with E-state index in [4.69, 9.17) is 16.3 Å². The molecule has 0 bridgehead atoms. The van der Waals surface area contributed by atoms with E-state index in [0.717, 1.165) is 10.7 Å². The van der Waals surface area contributed by atoms with Gasteiger partial charge in [-0.3, -0.25) is 9.10 Å². The van der Waals surface area contributed by atoms with Gasteiger partial charge in [0.15, 0.2) is 0 Å². The SMILES string of the molecule is CCC(C)NC(=O)CN(c1ccc(OC)c(Cl)c1)S(=O)(=O)c1ccccc1. The van der Waals surface area contributed by atoms with Crippen molar-refractivity contribution in [1.29, 1.82) is 0 Å². The zero-order chi connectivity index (χ0) is 20.0. The minimum absolute atomic E-state index is 0.0572. The molecule has 1 N–H and O–H groups in total. The molecule has 2 aromatic carbocycles. The third kappa shape index (κ3) is 5.14. The first kappa shape index (κ1) is 21.1. The maximum atomic E-state index is 13.2. The van der Waals surface area contributed by atoms with Crippen molar-refractivity contribution >= 4 is 33.2 Å². The van der Waals surface area contributed by atoms with Crippen molar-refractivity contribution in [1.82, 2.24) is 5.32 Å². The molecule has 146 valence electrons. The summed E-state index contributed by atoms with van der Waals surface area (Å²) >= 11 is 6.17. The Labute approximate surface area is 165 Å². The second-order valence-corrected chi connectivity index (χ2v) is 8.29. The van der Waals surface area contributed by atoms with E-state index in [9.17, 15) is 13.2 Å². The summed E-state index contributed by atoms with van der Waals surface area (Å²) < 4.78 is 32.5. The number of ether oxygens (including phenoxy) is 1. The molecule has 0 aliphatic carbocycles. The molecule has 0 saturated carbocycles. The third-order valence-electron chi connectivity index (χ3n) is 4.06. The Morgan fingerprint density at radius 2 is 1.89 bits per heavy atom. The van der Waals surface area contributed by atoms with E-state index in [1.165, 1.54) is 25.3 Å². The first-order chi connectivity index (χ1) is 12.8. The molecule has 1 unspecified atom stereocenters. The van der Waals surface area contributed by atoms with Gasteiger partial charge in [0.1, 0.15) is 12.3 Å². The molecule has 0 heterocycles. The molecule has 27 heavy (non-hydrogen) atoms. The summed E-state index contributed by atoms with van der Waals surface area (Å²) in [5, 5.41) is 3.04. The maximum absolute atomic E-state index is 13.2. The lowest BCUT2D eigenvalue weighted by Crippen LogP contribution is -2.43. The number of amides is 1. The summed E-state index contributed by atoms with van der Waals surface area (Å²) in [6.07, 6.45) is 0.742. The largest absolute Gasteiger partial charge is 0.495 e. The maximum Gasteiger partial charge on any atom is 0.264 e. The van der Waals surface area contributed by atoms with Crippen LogP contribution >= 0.6 is 11.6 Å². The van der Waals surface area contributed by atoms with Crippen LogP contribution in [-0.2, 0) is 14.8 Å². The average Bonchev–Trinajstić information content (AvgIpc) is 2.66. The number of sulfonamides is 1. The van der Waals surface area contributed by atoms with Gasteiger partial charge in [-0.05, 0) is 43.7 Å². The zero-order valence-corrected chi connectivity index (χ0v) is 17.0. The topological polar surface area (TPSA) is 75.7 Å². The fourth-order valence-corrected chi connectivity index (χ4v) is 4.08. The molecule has 8 heteroatoms. The van der Waals surface area contributed by atoms with Crippen molar-refractivity contribution in [3.05, 3.63) is 53.6 Å². The number of hydrogen-bond acceptors (Lipinski definition) is 4. The summed E-state index contributed by atoms with van der Waals surface area (Å²) in [7, 11) is -2.48. The first-order valence-corrected chi connectivity index (χ1v) is 10.3. The Balaban J connectivity index is 2.45. The standard InChI is InChI=1S/C19H23ClN2O4S/c1-4-14(2)21-19(23)13-22(15-10-11-18(26-3)17(20)12-15)27(24,25)16-8-6-5-7-9-16/h5-12,14H,4,13H2,1-3H3,(H,21,23). The Morgan fingerprint density at radius 1 is 1.22 bits per heavy atom. The Hall–Kier alpha value is -2.25. The number of rotatable bonds is 8. The number of carbonyl (C=O) groups excluding carboxylic acids is 1. The molecule has 0 aliphatic heterocycles. The van der Waals surface area contributed by atoms with Crippen LogP contribution in [0.5, 0.6) is 5.75 Å². The van der Waals surface area contributed by atoms with Crippen LogP contribution in [0.4, 0.5) is 5.69 Å². The number of methoxy groups -OCH3 is 1. The Kier molecular flexibility index (Phi) is 7.10. The van der Waals surface area contributed by atoms with Crippen molar-refractivity contribution in [2.45, 2.75) is 31.2 Å². The van der Waals surface area contributed by atoms with Gasteiger partial charge < -0.3 is 10.1 Å². The number of nitrogens with zero attached hydrogens (tertiary/aromatic N) is 1. The van der Waals surface area contributed by atoms with Crippen LogP contribution in [-0.4, -0.2) is 34.0 Å². The second-order valence-electron chi connectivity index (χ2n) is 6.02. The van der Waals surface area contributed by atoms with Crippen molar-refractivity contribution in [2.75, 3.05) is 18.0 Å². The molecular formula is C19H23ClN2O4S. The summed E-state index contributed by atoms with van der Waals surface area (Å²) in [6, 6.07) is 12.5. The molecule has 0 aliphatic rings.